The van der Waals surface area contributed by atoms with Gasteiger partial charge in [0.05, 0.1) is 12.0 Å². The van der Waals surface area contributed by atoms with E-state index in [0.29, 0.717) is 30.7 Å². The number of likely N-dealkylation sites (tertiary alicyclic amines) is 1. The number of sulfonamides is 1. The first kappa shape index (κ1) is 16.1. The fourth-order valence-electron chi connectivity index (χ4n) is 3.29. The average Bonchev–Trinajstić information content (AvgIpc) is 2.88. The summed E-state index contributed by atoms with van der Waals surface area (Å²) in [5.74, 6) is 1.94. The summed E-state index contributed by atoms with van der Waals surface area (Å²) in [5.41, 5.74) is 0. The zero-order chi connectivity index (χ0) is 14.8. The maximum atomic E-state index is 11.9. The molecule has 0 spiro atoms. The van der Waals surface area contributed by atoms with Gasteiger partial charge < -0.3 is 4.90 Å². The van der Waals surface area contributed by atoms with E-state index in [2.05, 4.69) is 0 Å². The molecule has 2 aliphatic rings. The SMILES string of the molecule is CSCC(=O)N1CCC(C2CCN(S(C)(=O)=O)CC2)C1. The third-order valence-electron chi connectivity index (χ3n) is 4.48. The lowest BCUT2D eigenvalue weighted by molar-refractivity contribution is -0.127. The first-order chi connectivity index (χ1) is 9.41. The van der Waals surface area contributed by atoms with Crippen molar-refractivity contribution in [1.82, 2.24) is 9.21 Å². The van der Waals surface area contributed by atoms with Crippen molar-refractivity contribution in [3.63, 3.8) is 0 Å². The number of hydrogen-bond acceptors (Lipinski definition) is 4. The molecule has 0 aliphatic carbocycles. The zero-order valence-electron chi connectivity index (χ0n) is 12.2. The van der Waals surface area contributed by atoms with E-state index in [-0.39, 0.29) is 5.91 Å². The summed E-state index contributed by atoms with van der Waals surface area (Å²) in [6, 6.07) is 0. The van der Waals surface area contributed by atoms with Crippen LogP contribution in [0.4, 0.5) is 0 Å². The highest BCUT2D eigenvalue weighted by Gasteiger charge is 2.34. The lowest BCUT2D eigenvalue weighted by Crippen LogP contribution is -2.40. The molecule has 5 nitrogen and oxygen atoms in total. The summed E-state index contributed by atoms with van der Waals surface area (Å²) in [5, 5.41) is 0. The second kappa shape index (κ2) is 6.66. The number of carbonyl (C=O) groups excluding carboxylic acids is 1. The number of carbonyl (C=O) groups is 1. The molecule has 0 radical (unpaired) electrons. The van der Waals surface area contributed by atoms with Crippen LogP contribution in [-0.2, 0) is 14.8 Å². The average molecular weight is 320 g/mol. The van der Waals surface area contributed by atoms with E-state index in [0.717, 1.165) is 32.4 Å². The van der Waals surface area contributed by atoms with E-state index >= 15 is 0 Å². The van der Waals surface area contributed by atoms with Crippen LogP contribution in [0.1, 0.15) is 19.3 Å². The van der Waals surface area contributed by atoms with E-state index in [1.54, 1.807) is 16.1 Å². The van der Waals surface area contributed by atoms with Crippen molar-refractivity contribution in [3.8, 4) is 0 Å². The highest BCUT2D eigenvalue weighted by Crippen LogP contribution is 2.32. The maximum Gasteiger partial charge on any atom is 0.232 e. The van der Waals surface area contributed by atoms with Crippen molar-refractivity contribution in [2.24, 2.45) is 11.8 Å². The molecule has 0 saturated carbocycles. The van der Waals surface area contributed by atoms with Gasteiger partial charge in [0.2, 0.25) is 15.9 Å². The fourth-order valence-corrected chi connectivity index (χ4v) is 4.60. The third-order valence-corrected chi connectivity index (χ3v) is 6.32. The predicted octanol–water partition coefficient (Wildman–Crippen LogP) is 0.869. The lowest BCUT2D eigenvalue weighted by Gasteiger charge is -2.33. The number of amides is 1. The molecule has 0 bridgehead atoms. The molecule has 2 aliphatic heterocycles. The van der Waals surface area contributed by atoms with Gasteiger partial charge in [-0.25, -0.2) is 12.7 Å². The number of piperidine rings is 1. The van der Waals surface area contributed by atoms with Crippen LogP contribution in [0.15, 0.2) is 0 Å². The Kier molecular flexibility index (Phi) is 5.36. The molecule has 0 aromatic carbocycles. The van der Waals surface area contributed by atoms with Crippen LogP contribution in [0, 0.1) is 11.8 Å². The molecule has 2 saturated heterocycles. The van der Waals surface area contributed by atoms with Crippen molar-refractivity contribution in [2.75, 3.05) is 44.4 Å². The van der Waals surface area contributed by atoms with Gasteiger partial charge in [-0.2, -0.15) is 11.8 Å². The van der Waals surface area contributed by atoms with E-state index in [9.17, 15) is 13.2 Å². The third kappa shape index (κ3) is 3.89. The Balaban J connectivity index is 1.82. The normalized spacial score (nSPS) is 26.1. The Morgan fingerprint density at radius 1 is 1.15 bits per heavy atom. The molecule has 2 rings (SSSR count). The van der Waals surface area contributed by atoms with Gasteiger partial charge in [0.25, 0.3) is 0 Å². The molecule has 20 heavy (non-hydrogen) atoms. The van der Waals surface area contributed by atoms with Gasteiger partial charge in [-0.05, 0) is 37.4 Å². The minimum atomic E-state index is -3.04. The predicted molar refractivity (Wildman–Crippen MR) is 82.2 cm³/mol. The molecule has 116 valence electrons. The summed E-state index contributed by atoms with van der Waals surface area (Å²) < 4.78 is 24.6. The lowest BCUT2D eigenvalue weighted by atomic mass is 9.84. The van der Waals surface area contributed by atoms with Gasteiger partial charge in [0.1, 0.15) is 0 Å². The second-order valence-corrected chi connectivity index (χ2v) is 8.67. The summed E-state index contributed by atoms with van der Waals surface area (Å²) in [6.45, 7) is 3.01. The Labute approximate surface area is 126 Å². The maximum absolute atomic E-state index is 11.9. The summed E-state index contributed by atoms with van der Waals surface area (Å²) in [6.07, 6.45) is 6.17. The summed E-state index contributed by atoms with van der Waals surface area (Å²) in [4.78, 5) is 13.9. The molecular formula is C13H24N2O3S2. The Bertz CT molecular complexity index is 445. The molecule has 0 aromatic rings. The van der Waals surface area contributed by atoms with E-state index < -0.39 is 10.0 Å². The Hall–Kier alpha value is -0.270. The molecular weight excluding hydrogens is 296 g/mol. The van der Waals surface area contributed by atoms with E-state index in [4.69, 9.17) is 0 Å². The van der Waals surface area contributed by atoms with Gasteiger partial charge >= 0.3 is 0 Å². The quantitative estimate of drug-likeness (QED) is 0.771. The van der Waals surface area contributed by atoms with Gasteiger partial charge in [-0.1, -0.05) is 0 Å². The monoisotopic (exact) mass is 320 g/mol. The summed E-state index contributed by atoms with van der Waals surface area (Å²) >= 11 is 1.57. The van der Waals surface area contributed by atoms with Crippen LogP contribution in [-0.4, -0.2) is 68.0 Å². The van der Waals surface area contributed by atoms with Crippen LogP contribution < -0.4 is 0 Å². The highest BCUT2D eigenvalue weighted by molar-refractivity contribution is 7.99. The van der Waals surface area contributed by atoms with E-state index in [1.807, 2.05) is 11.2 Å². The molecule has 2 fully saturated rings. The van der Waals surface area contributed by atoms with Crippen LogP contribution >= 0.6 is 11.8 Å². The topological polar surface area (TPSA) is 57.7 Å². The van der Waals surface area contributed by atoms with Crippen LogP contribution in [0.25, 0.3) is 0 Å². The number of nitrogens with zero attached hydrogens (tertiary/aromatic N) is 2. The van der Waals surface area contributed by atoms with E-state index in [1.165, 1.54) is 6.26 Å². The number of rotatable bonds is 4. The van der Waals surface area contributed by atoms with Crippen LogP contribution in [0.3, 0.4) is 0 Å². The Morgan fingerprint density at radius 2 is 1.75 bits per heavy atom. The molecule has 0 N–H and O–H groups in total. The molecule has 1 unspecified atom stereocenters. The number of thioether (sulfide) groups is 1. The van der Waals surface area contributed by atoms with Crippen molar-refractivity contribution >= 4 is 27.7 Å². The summed E-state index contributed by atoms with van der Waals surface area (Å²) in [7, 11) is -3.04. The molecule has 1 amide bonds. The van der Waals surface area contributed by atoms with Crippen LogP contribution in [0.5, 0.6) is 0 Å². The minimum Gasteiger partial charge on any atom is -0.342 e. The second-order valence-electron chi connectivity index (χ2n) is 5.82. The minimum absolute atomic E-state index is 0.244. The fraction of sp³-hybridized carbons (Fsp3) is 0.923. The Morgan fingerprint density at radius 3 is 2.30 bits per heavy atom. The van der Waals surface area contributed by atoms with Crippen LogP contribution in [0.2, 0.25) is 0 Å². The molecule has 1 atom stereocenters. The molecule has 2 heterocycles. The van der Waals surface area contributed by atoms with Gasteiger partial charge in [-0.3, -0.25) is 4.79 Å². The zero-order valence-corrected chi connectivity index (χ0v) is 13.9. The first-order valence-electron chi connectivity index (χ1n) is 7.13. The first-order valence-corrected chi connectivity index (χ1v) is 10.4. The molecule has 0 aromatic heterocycles. The van der Waals surface area contributed by atoms with Gasteiger partial charge in [0, 0.05) is 26.2 Å². The van der Waals surface area contributed by atoms with Crippen molar-refractivity contribution in [3.05, 3.63) is 0 Å². The van der Waals surface area contributed by atoms with Crippen molar-refractivity contribution in [2.45, 2.75) is 19.3 Å². The highest BCUT2D eigenvalue weighted by atomic mass is 32.2. The largest absolute Gasteiger partial charge is 0.342 e. The smallest absolute Gasteiger partial charge is 0.232 e. The van der Waals surface area contributed by atoms with Gasteiger partial charge in [0.15, 0.2) is 0 Å². The number of hydrogen-bond donors (Lipinski definition) is 0. The van der Waals surface area contributed by atoms with Crippen molar-refractivity contribution < 1.29 is 13.2 Å². The molecule has 7 heteroatoms. The van der Waals surface area contributed by atoms with Crippen molar-refractivity contribution in [1.29, 1.82) is 0 Å². The standard InChI is InChI=1S/C13H24N2O3S2/c1-19-10-13(16)14-6-3-12(9-14)11-4-7-15(8-5-11)20(2,17)18/h11-12H,3-10H2,1-2H3. The van der Waals surface area contributed by atoms with Gasteiger partial charge in [-0.15, -0.1) is 0 Å².